The van der Waals surface area contributed by atoms with Crippen LogP contribution < -0.4 is 5.32 Å². The van der Waals surface area contributed by atoms with Gasteiger partial charge >= 0.3 is 5.97 Å². The van der Waals surface area contributed by atoms with Gasteiger partial charge in [-0.15, -0.1) is 11.3 Å². The summed E-state index contributed by atoms with van der Waals surface area (Å²) < 4.78 is 5.35. The van der Waals surface area contributed by atoms with Crippen LogP contribution >= 0.6 is 11.3 Å². The van der Waals surface area contributed by atoms with E-state index in [9.17, 15) is 9.59 Å². The number of thiophene rings is 1. The molecule has 0 aliphatic rings. The summed E-state index contributed by atoms with van der Waals surface area (Å²) in [6, 6.07) is 1.72. The highest BCUT2D eigenvalue weighted by Gasteiger charge is 2.10. The molecule has 0 aromatic carbocycles. The second-order valence-electron chi connectivity index (χ2n) is 4.10. The normalized spacial score (nSPS) is 10.8. The number of hydrogen-bond acceptors (Lipinski definition) is 4. The Labute approximate surface area is 122 Å². The fraction of sp³-hybridized carbons (Fsp3) is 0.429. The summed E-state index contributed by atoms with van der Waals surface area (Å²) in [5.74, 6) is -1.24. The smallest absolute Gasteiger partial charge is 0.328 e. The number of carbonyl (C=O) groups is 2. The van der Waals surface area contributed by atoms with Gasteiger partial charge in [0.2, 0.25) is 0 Å². The highest BCUT2D eigenvalue weighted by atomic mass is 32.1. The van der Waals surface area contributed by atoms with E-state index < -0.39 is 5.97 Å². The fourth-order valence-electron chi connectivity index (χ4n) is 1.46. The van der Waals surface area contributed by atoms with E-state index in [0.29, 0.717) is 30.2 Å². The molecule has 0 fully saturated rings. The maximum absolute atomic E-state index is 11.9. The zero-order valence-electron chi connectivity index (χ0n) is 11.4. The van der Waals surface area contributed by atoms with E-state index in [0.717, 1.165) is 18.9 Å². The minimum Gasteiger partial charge on any atom is -0.478 e. The zero-order valence-corrected chi connectivity index (χ0v) is 12.2. The van der Waals surface area contributed by atoms with Crippen molar-refractivity contribution in [3.63, 3.8) is 0 Å². The van der Waals surface area contributed by atoms with Crippen LogP contribution in [0.1, 0.15) is 35.0 Å². The molecule has 0 bridgehead atoms. The second-order valence-corrected chi connectivity index (χ2v) is 5.01. The lowest BCUT2D eigenvalue weighted by Crippen LogP contribution is -2.27. The molecular weight excluding hydrogens is 278 g/mol. The number of rotatable bonds is 9. The third kappa shape index (κ3) is 5.99. The summed E-state index contributed by atoms with van der Waals surface area (Å²) in [5, 5.41) is 13.1. The number of unbranched alkanes of at least 4 members (excludes halogenated alkanes) is 1. The van der Waals surface area contributed by atoms with E-state index >= 15 is 0 Å². The predicted octanol–water partition coefficient (Wildman–Crippen LogP) is 2.39. The van der Waals surface area contributed by atoms with Crippen molar-refractivity contribution in [3.8, 4) is 0 Å². The van der Waals surface area contributed by atoms with Gasteiger partial charge in [0, 0.05) is 19.2 Å². The number of hydrogen-bond donors (Lipinski definition) is 2. The quantitative estimate of drug-likeness (QED) is 0.542. The Morgan fingerprint density at radius 3 is 2.95 bits per heavy atom. The molecule has 1 aromatic rings. The Morgan fingerprint density at radius 1 is 1.45 bits per heavy atom. The predicted molar refractivity (Wildman–Crippen MR) is 79.0 cm³/mol. The average Bonchev–Trinajstić information content (AvgIpc) is 2.88. The molecule has 0 spiro atoms. The van der Waals surface area contributed by atoms with Crippen LogP contribution in [0.25, 0.3) is 6.08 Å². The SMILES string of the molecule is CCCCOCCNC(=O)c1sccc1C=CC(=O)O. The first-order chi connectivity index (χ1) is 9.65. The lowest BCUT2D eigenvalue weighted by molar-refractivity contribution is -0.131. The van der Waals surface area contributed by atoms with Crippen LogP contribution in [0.2, 0.25) is 0 Å². The van der Waals surface area contributed by atoms with Gasteiger partial charge in [0.25, 0.3) is 5.91 Å². The monoisotopic (exact) mass is 297 g/mol. The summed E-state index contributed by atoms with van der Waals surface area (Å²) in [6.45, 7) is 3.73. The van der Waals surface area contributed by atoms with E-state index in [1.807, 2.05) is 0 Å². The summed E-state index contributed by atoms with van der Waals surface area (Å²) >= 11 is 1.28. The number of aliphatic carboxylic acids is 1. The first kappa shape index (κ1) is 16.4. The average molecular weight is 297 g/mol. The molecule has 20 heavy (non-hydrogen) atoms. The molecule has 110 valence electrons. The molecule has 5 nitrogen and oxygen atoms in total. The summed E-state index contributed by atoms with van der Waals surface area (Å²) in [6.07, 6.45) is 4.54. The van der Waals surface area contributed by atoms with Crippen LogP contribution in [-0.2, 0) is 9.53 Å². The molecule has 1 amide bonds. The minimum absolute atomic E-state index is 0.205. The van der Waals surface area contributed by atoms with Crippen LogP contribution in [0.3, 0.4) is 0 Å². The van der Waals surface area contributed by atoms with Crippen molar-refractivity contribution in [2.24, 2.45) is 0 Å². The van der Waals surface area contributed by atoms with Crippen molar-refractivity contribution in [3.05, 3.63) is 28.0 Å². The molecule has 0 radical (unpaired) electrons. The van der Waals surface area contributed by atoms with Crippen LogP contribution in [0, 0.1) is 0 Å². The second kappa shape index (κ2) is 9.28. The number of carboxylic acids is 1. The Bertz CT molecular complexity index is 467. The topological polar surface area (TPSA) is 75.6 Å². The molecular formula is C14H19NO4S. The molecule has 0 aliphatic carbocycles. The number of carbonyl (C=O) groups excluding carboxylic acids is 1. The third-order valence-electron chi connectivity index (χ3n) is 2.48. The Hall–Kier alpha value is -1.66. The van der Waals surface area contributed by atoms with Gasteiger partial charge in [-0.25, -0.2) is 4.79 Å². The van der Waals surface area contributed by atoms with Gasteiger partial charge in [0.1, 0.15) is 0 Å². The van der Waals surface area contributed by atoms with Crippen LogP contribution in [0.5, 0.6) is 0 Å². The number of ether oxygens (including phenoxy) is 1. The molecule has 1 rings (SSSR count). The summed E-state index contributed by atoms with van der Waals surface area (Å²) in [5.41, 5.74) is 0.613. The Morgan fingerprint density at radius 2 is 2.25 bits per heavy atom. The first-order valence-corrected chi connectivity index (χ1v) is 7.37. The highest BCUT2D eigenvalue weighted by molar-refractivity contribution is 7.12. The Kier molecular flexibility index (Phi) is 7.60. The number of carboxylic acid groups (broad SMARTS) is 1. The Balaban J connectivity index is 2.40. The third-order valence-corrected chi connectivity index (χ3v) is 3.41. The van der Waals surface area contributed by atoms with Gasteiger partial charge in [0.15, 0.2) is 0 Å². The van der Waals surface area contributed by atoms with Crippen molar-refractivity contribution in [1.82, 2.24) is 5.32 Å². The fourth-order valence-corrected chi connectivity index (χ4v) is 2.26. The van der Waals surface area contributed by atoms with Crippen molar-refractivity contribution in [1.29, 1.82) is 0 Å². The molecule has 0 unspecified atom stereocenters. The number of amides is 1. The van der Waals surface area contributed by atoms with Crippen LogP contribution in [0.15, 0.2) is 17.5 Å². The standard InChI is InChI=1S/C14H19NO4S/c1-2-3-8-19-9-7-15-14(18)13-11(6-10-20-13)4-5-12(16)17/h4-6,10H,2-3,7-9H2,1H3,(H,15,18)(H,16,17). The van der Waals surface area contributed by atoms with Crippen molar-refractivity contribution in [2.45, 2.75) is 19.8 Å². The van der Waals surface area contributed by atoms with Crippen molar-refractivity contribution >= 4 is 29.3 Å². The first-order valence-electron chi connectivity index (χ1n) is 6.49. The molecule has 2 N–H and O–H groups in total. The summed E-state index contributed by atoms with van der Waals surface area (Å²) in [4.78, 5) is 22.9. The van der Waals surface area contributed by atoms with E-state index in [2.05, 4.69) is 12.2 Å². The van der Waals surface area contributed by atoms with Crippen molar-refractivity contribution < 1.29 is 19.4 Å². The van der Waals surface area contributed by atoms with E-state index in [4.69, 9.17) is 9.84 Å². The van der Waals surface area contributed by atoms with Gasteiger partial charge < -0.3 is 15.2 Å². The van der Waals surface area contributed by atoms with E-state index in [1.54, 1.807) is 11.4 Å². The van der Waals surface area contributed by atoms with Gasteiger partial charge in [-0.3, -0.25) is 4.79 Å². The zero-order chi connectivity index (χ0) is 14.8. The largest absolute Gasteiger partial charge is 0.478 e. The van der Waals surface area contributed by atoms with E-state index in [1.165, 1.54) is 17.4 Å². The number of nitrogens with one attached hydrogen (secondary N) is 1. The van der Waals surface area contributed by atoms with E-state index in [-0.39, 0.29) is 5.91 Å². The molecule has 0 aliphatic heterocycles. The minimum atomic E-state index is -1.04. The lowest BCUT2D eigenvalue weighted by Gasteiger charge is -2.05. The molecule has 0 saturated heterocycles. The van der Waals surface area contributed by atoms with Crippen LogP contribution in [0.4, 0.5) is 0 Å². The lowest BCUT2D eigenvalue weighted by atomic mass is 10.2. The van der Waals surface area contributed by atoms with Gasteiger partial charge in [-0.1, -0.05) is 13.3 Å². The maximum Gasteiger partial charge on any atom is 0.328 e. The maximum atomic E-state index is 11.9. The molecule has 6 heteroatoms. The van der Waals surface area contributed by atoms with Crippen LogP contribution in [-0.4, -0.2) is 36.7 Å². The van der Waals surface area contributed by atoms with Gasteiger partial charge in [0.05, 0.1) is 11.5 Å². The summed E-state index contributed by atoms with van der Waals surface area (Å²) in [7, 11) is 0. The van der Waals surface area contributed by atoms with Gasteiger partial charge in [-0.05, 0) is 29.5 Å². The molecule has 0 saturated carbocycles. The molecule has 1 heterocycles. The molecule has 1 aromatic heterocycles. The van der Waals surface area contributed by atoms with Crippen molar-refractivity contribution in [2.75, 3.05) is 19.8 Å². The molecule has 0 atom stereocenters. The highest BCUT2D eigenvalue weighted by Crippen LogP contribution is 2.18. The van der Waals surface area contributed by atoms with Gasteiger partial charge in [-0.2, -0.15) is 0 Å².